The second-order valence-electron chi connectivity index (χ2n) is 5.32. The van der Waals surface area contributed by atoms with Crippen LogP contribution >= 0.6 is 0 Å². The molecule has 0 saturated carbocycles. The molecule has 0 unspecified atom stereocenters. The molecule has 1 fully saturated rings. The highest BCUT2D eigenvalue weighted by atomic mass is 16.6. The van der Waals surface area contributed by atoms with Gasteiger partial charge >= 0.3 is 5.97 Å². The van der Waals surface area contributed by atoms with Gasteiger partial charge in [0, 0.05) is 6.42 Å². The van der Waals surface area contributed by atoms with E-state index in [-0.39, 0.29) is 11.9 Å². The zero-order chi connectivity index (χ0) is 12.8. The van der Waals surface area contributed by atoms with Crippen LogP contribution in [0.4, 0.5) is 0 Å². The van der Waals surface area contributed by atoms with Crippen LogP contribution in [0.2, 0.25) is 0 Å². The fourth-order valence-electron chi connectivity index (χ4n) is 2.73. The predicted molar refractivity (Wildman–Crippen MR) is 71.2 cm³/mol. The summed E-state index contributed by atoms with van der Waals surface area (Å²) in [4.78, 5) is 11.6. The molecule has 1 aliphatic rings. The number of hydrogen-bond donors (Lipinski definition) is 0. The number of hydrogen-bond acceptors (Lipinski definition) is 2. The van der Waals surface area contributed by atoms with E-state index in [9.17, 15) is 4.79 Å². The van der Waals surface area contributed by atoms with Crippen molar-refractivity contribution >= 4 is 16.7 Å². The number of benzene rings is 2. The van der Waals surface area contributed by atoms with Crippen molar-refractivity contribution in [2.45, 2.75) is 25.9 Å². The first kappa shape index (κ1) is 11.3. The van der Waals surface area contributed by atoms with Crippen LogP contribution < -0.4 is 0 Å². The monoisotopic (exact) mass is 240 g/mol. The summed E-state index contributed by atoms with van der Waals surface area (Å²) in [7, 11) is 0. The zero-order valence-electron chi connectivity index (χ0n) is 10.6. The molecule has 2 aromatic carbocycles. The number of esters is 1. The minimum atomic E-state index is -0.472. The number of fused-ring (bicyclic) bond motifs is 1. The van der Waals surface area contributed by atoms with E-state index >= 15 is 0 Å². The Hall–Kier alpha value is -1.83. The van der Waals surface area contributed by atoms with Gasteiger partial charge in [0.1, 0.15) is 5.60 Å². The molecule has 1 aliphatic heterocycles. The molecule has 2 aromatic rings. The molecule has 0 N–H and O–H groups in total. The standard InChI is InChI=1S/C16H16O2/c1-11-10-16(2,18-15(11)17)14-8-7-12-5-3-4-6-13(12)9-14/h3-9,11H,10H2,1-2H3/t11-,16-/m0/s1. The number of rotatable bonds is 1. The predicted octanol–water partition coefficient (Wildman–Crippen LogP) is 3.64. The lowest BCUT2D eigenvalue weighted by Gasteiger charge is -2.23. The van der Waals surface area contributed by atoms with E-state index in [1.165, 1.54) is 10.8 Å². The van der Waals surface area contributed by atoms with Gasteiger partial charge in [0.05, 0.1) is 5.92 Å². The lowest BCUT2D eigenvalue weighted by molar-refractivity contribution is -0.149. The Morgan fingerprint density at radius 2 is 1.89 bits per heavy atom. The quantitative estimate of drug-likeness (QED) is 0.711. The Labute approximate surface area is 107 Å². The smallest absolute Gasteiger partial charge is 0.309 e. The Kier molecular flexibility index (Phi) is 2.40. The van der Waals surface area contributed by atoms with Crippen molar-refractivity contribution in [1.29, 1.82) is 0 Å². The number of cyclic esters (lactones) is 1. The topological polar surface area (TPSA) is 26.3 Å². The highest BCUT2D eigenvalue weighted by Crippen LogP contribution is 2.40. The summed E-state index contributed by atoms with van der Waals surface area (Å²) in [6.45, 7) is 3.92. The number of carbonyl (C=O) groups excluding carboxylic acids is 1. The molecule has 1 saturated heterocycles. The molecule has 1 heterocycles. The zero-order valence-corrected chi connectivity index (χ0v) is 10.6. The van der Waals surface area contributed by atoms with Crippen LogP contribution in [0.25, 0.3) is 10.8 Å². The Morgan fingerprint density at radius 1 is 1.17 bits per heavy atom. The molecule has 0 aromatic heterocycles. The van der Waals surface area contributed by atoms with Crippen LogP contribution in [-0.4, -0.2) is 5.97 Å². The molecule has 0 radical (unpaired) electrons. The molecular weight excluding hydrogens is 224 g/mol. The van der Waals surface area contributed by atoms with Gasteiger partial charge in [-0.15, -0.1) is 0 Å². The summed E-state index contributed by atoms with van der Waals surface area (Å²) in [5.41, 5.74) is 0.611. The molecule has 0 bridgehead atoms. The number of carbonyl (C=O) groups is 1. The minimum Gasteiger partial charge on any atom is -0.454 e. The lowest BCUT2D eigenvalue weighted by atomic mass is 9.88. The summed E-state index contributed by atoms with van der Waals surface area (Å²) in [6.07, 6.45) is 0.754. The first-order valence-corrected chi connectivity index (χ1v) is 6.31. The second kappa shape index (κ2) is 3.84. The number of ether oxygens (including phenoxy) is 1. The molecule has 2 atom stereocenters. The average Bonchev–Trinajstić information content (AvgIpc) is 2.64. The maximum Gasteiger partial charge on any atom is 0.309 e. The van der Waals surface area contributed by atoms with Gasteiger partial charge < -0.3 is 4.74 Å². The van der Waals surface area contributed by atoms with Crippen molar-refractivity contribution in [3.8, 4) is 0 Å². The van der Waals surface area contributed by atoms with Crippen molar-refractivity contribution in [2.24, 2.45) is 5.92 Å². The van der Waals surface area contributed by atoms with Crippen molar-refractivity contribution in [2.75, 3.05) is 0 Å². The Bertz CT molecular complexity index is 617. The summed E-state index contributed by atoms with van der Waals surface area (Å²) in [6, 6.07) is 14.5. The van der Waals surface area contributed by atoms with Crippen LogP contribution in [0, 0.1) is 5.92 Å². The molecule has 3 rings (SSSR count). The van der Waals surface area contributed by atoms with Crippen molar-refractivity contribution < 1.29 is 9.53 Å². The van der Waals surface area contributed by atoms with E-state index in [2.05, 4.69) is 30.3 Å². The normalized spacial score (nSPS) is 27.4. The van der Waals surface area contributed by atoms with Gasteiger partial charge in [0.15, 0.2) is 0 Å². The van der Waals surface area contributed by atoms with Gasteiger partial charge in [-0.2, -0.15) is 0 Å². The third-order valence-electron chi connectivity index (χ3n) is 3.78. The Morgan fingerprint density at radius 3 is 2.56 bits per heavy atom. The molecule has 0 aliphatic carbocycles. The molecule has 2 heteroatoms. The van der Waals surface area contributed by atoms with Crippen molar-refractivity contribution in [1.82, 2.24) is 0 Å². The van der Waals surface area contributed by atoms with Crippen LogP contribution in [0.5, 0.6) is 0 Å². The van der Waals surface area contributed by atoms with Gasteiger partial charge in [0.2, 0.25) is 0 Å². The summed E-state index contributed by atoms with van der Waals surface area (Å²) >= 11 is 0. The second-order valence-corrected chi connectivity index (χ2v) is 5.32. The van der Waals surface area contributed by atoms with Gasteiger partial charge in [0.25, 0.3) is 0 Å². The first-order chi connectivity index (χ1) is 8.58. The Balaban J connectivity index is 2.07. The van der Waals surface area contributed by atoms with E-state index in [4.69, 9.17) is 4.74 Å². The minimum absolute atomic E-state index is 0.0125. The van der Waals surface area contributed by atoms with Gasteiger partial charge in [-0.05, 0) is 29.3 Å². The van der Waals surface area contributed by atoms with E-state index in [1.54, 1.807) is 0 Å². The van der Waals surface area contributed by atoms with E-state index in [1.807, 2.05) is 26.0 Å². The molecular formula is C16H16O2. The maximum absolute atomic E-state index is 11.6. The summed E-state index contributed by atoms with van der Waals surface area (Å²) in [5, 5.41) is 2.40. The van der Waals surface area contributed by atoms with Crippen molar-refractivity contribution in [3.05, 3.63) is 48.0 Å². The first-order valence-electron chi connectivity index (χ1n) is 6.31. The third kappa shape index (κ3) is 1.69. The fourth-order valence-corrected chi connectivity index (χ4v) is 2.73. The maximum atomic E-state index is 11.6. The molecule has 18 heavy (non-hydrogen) atoms. The van der Waals surface area contributed by atoms with Crippen molar-refractivity contribution in [3.63, 3.8) is 0 Å². The van der Waals surface area contributed by atoms with Crippen LogP contribution in [0.15, 0.2) is 42.5 Å². The van der Waals surface area contributed by atoms with E-state index in [0.29, 0.717) is 0 Å². The highest BCUT2D eigenvalue weighted by molar-refractivity contribution is 5.83. The van der Waals surface area contributed by atoms with Gasteiger partial charge in [-0.3, -0.25) is 4.79 Å². The van der Waals surface area contributed by atoms with Gasteiger partial charge in [-0.1, -0.05) is 43.3 Å². The van der Waals surface area contributed by atoms with E-state index < -0.39 is 5.60 Å². The molecule has 0 spiro atoms. The van der Waals surface area contributed by atoms with E-state index in [0.717, 1.165) is 12.0 Å². The summed E-state index contributed by atoms with van der Waals surface area (Å²) in [5.74, 6) is -0.105. The molecule has 0 amide bonds. The lowest BCUT2D eigenvalue weighted by Crippen LogP contribution is -2.20. The average molecular weight is 240 g/mol. The van der Waals surface area contributed by atoms with Crippen LogP contribution in [0.1, 0.15) is 25.8 Å². The summed E-state index contributed by atoms with van der Waals surface area (Å²) < 4.78 is 5.56. The van der Waals surface area contributed by atoms with Crippen LogP contribution in [0.3, 0.4) is 0 Å². The fraction of sp³-hybridized carbons (Fsp3) is 0.312. The largest absolute Gasteiger partial charge is 0.454 e. The van der Waals surface area contributed by atoms with Crippen LogP contribution in [-0.2, 0) is 15.1 Å². The molecule has 2 nitrogen and oxygen atoms in total. The van der Waals surface area contributed by atoms with Gasteiger partial charge in [-0.25, -0.2) is 0 Å². The SMILES string of the molecule is C[C@H]1C[C@@](C)(c2ccc3ccccc3c2)OC1=O. The third-order valence-corrected chi connectivity index (χ3v) is 3.78. The highest BCUT2D eigenvalue weighted by Gasteiger charge is 2.42. The molecule has 92 valence electrons.